The molecule has 1 aromatic heterocycles. The van der Waals surface area contributed by atoms with Gasteiger partial charge in [0.25, 0.3) is 5.89 Å². The van der Waals surface area contributed by atoms with Crippen LogP contribution in [0.25, 0.3) is 0 Å². The molecule has 118 valence electrons. The van der Waals surface area contributed by atoms with Gasteiger partial charge in [-0.3, -0.25) is 0 Å². The summed E-state index contributed by atoms with van der Waals surface area (Å²) in [5, 5.41) is 4.10. The molecule has 0 aliphatic carbocycles. The summed E-state index contributed by atoms with van der Waals surface area (Å²) in [6, 6.07) is 0. The first kappa shape index (κ1) is 15.0. The van der Waals surface area contributed by atoms with Crippen molar-refractivity contribution < 1.29 is 9.26 Å². The maximum Gasteiger partial charge on any atom is 0.255 e. The van der Waals surface area contributed by atoms with E-state index in [1.165, 1.54) is 25.9 Å². The van der Waals surface area contributed by atoms with Gasteiger partial charge in [-0.1, -0.05) is 12.1 Å². The molecule has 0 aromatic carbocycles. The van der Waals surface area contributed by atoms with E-state index in [-0.39, 0.29) is 6.10 Å². The van der Waals surface area contributed by atoms with E-state index >= 15 is 0 Å². The van der Waals surface area contributed by atoms with Gasteiger partial charge in [-0.15, -0.1) is 0 Å². The van der Waals surface area contributed by atoms with Crippen LogP contribution in [0.4, 0.5) is 0 Å². The average molecular weight is 293 g/mol. The van der Waals surface area contributed by atoms with Crippen LogP contribution in [-0.4, -0.2) is 40.8 Å². The fourth-order valence-electron chi connectivity index (χ4n) is 3.23. The highest BCUT2D eigenvalue weighted by atomic mass is 16.5. The number of hydrogen-bond donors (Lipinski definition) is 0. The van der Waals surface area contributed by atoms with E-state index in [9.17, 15) is 0 Å². The zero-order valence-corrected chi connectivity index (χ0v) is 13.3. The second-order valence-corrected chi connectivity index (χ2v) is 6.69. The fraction of sp³-hybridized carbons (Fsp3) is 0.875. The number of hydrogen-bond acceptors (Lipinski definition) is 5. The number of ether oxygens (including phenoxy) is 1. The molecule has 5 nitrogen and oxygen atoms in total. The quantitative estimate of drug-likeness (QED) is 0.835. The Hall–Kier alpha value is -0.940. The van der Waals surface area contributed by atoms with E-state index in [1.807, 2.05) is 0 Å². The minimum atomic E-state index is 0.0184. The van der Waals surface area contributed by atoms with Gasteiger partial charge in [0.2, 0.25) is 0 Å². The largest absolute Gasteiger partial charge is 0.365 e. The van der Waals surface area contributed by atoms with Crippen LogP contribution in [0.5, 0.6) is 0 Å². The zero-order chi connectivity index (χ0) is 14.7. The van der Waals surface area contributed by atoms with E-state index in [2.05, 4.69) is 28.9 Å². The lowest BCUT2D eigenvalue weighted by Crippen LogP contribution is -2.33. The lowest BCUT2D eigenvalue weighted by Gasteiger charge is -2.29. The third-order valence-electron chi connectivity index (χ3n) is 4.74. The number of rotatable bonds is 5. The molecule has 0 N–H and O–H groups in total. The Labute approximate surface area is 127 Å². The third-order valence-corrected chi connectivity index (χ3v) is 4.74. The summed E-state index contributed by atoms with van der Waals surface area (Å²) in [7, 11) is 0. The predicted octanol–water partition coefficient (Wildman–Crippen LogP) is 2.97. The highest BCUT2D eigenvalue weighted by molar-refractivity contribution is 4.93. The first-order valence-corrected chi connectivity index (χ1v) is 8.41. The van der Waals surface area contributed by atoms with Crippen molar-refractivity contribution in [2.24, 2.45) is 5.92 Å². The highest BCUT2D eigenvalue weighted by Crippen LogP contribution is 2.31. The number of likely N-dealkylation sites (tertiary alicyclic amines) is 1. The van der Waals surface area contributed by atoms with Crippen molar-refractivity contribution in [1.82, 2.24) is 15.0 Å². The van der Waals surface area contributed by atoms with Gasteiger partial charge in [0.05, 0.1) is 6.10 Å². The van der Waals surface area contributed by atoms with Crippen molar-refractivity contribution in [1.29, 1.82) is 0 Å². The molecule has 0 amide bonds. The fourth-order valence-corrected chi connectivity index (χ4v) is 3.23. The van der Waals surface area contributed by atoms with Gasteiger partial charge >= 0.3 is 0 Å². The van der Waals surface area contributed by atoms with E-state index in [4.69, 9.17) is 9.26 Å². The van der Waals surface area contributed by atoms with Gasteiger partial charge < -0.3 is 14.2 Å². The van der Waals surface area contributed by atoms with Gasteiger partial charge in [0.15, 0.2) is 5.82 Å². The first-order valence-electron chi connectivity index (χ1n) is 8.41. The van der Waals surface area contributed by atoms with Crippen LogP contribution in [0.1, 0.15) is 63.8 Å². The molecule has 3 heterocycles. The second-order valence-electron chi connectivity index (χ2n) is 6.69. The number of piperidine rings is 1. The standard InChI is InChI=1S/C16H27N3O2/c1-12-7-10-19(11-8-12)9-3-4-15-17-16(21-18-15)14-6-5-13(2)20-14/h12-14H,3-11H2,1-2H3/t13-,14+/m1/s1. The topological polar surface area (TPSA) is 51.4 Å². The molecule has 0 spiro atoms. The second kappa shape index (κ2) is 6.88. The molecule has 2 atom stereocenters. The molecule has 1 aromatic rings. The molecular weight excluding hydrogens is 266 g/mol. The smallest absolute Gasteiger partial charge is 0.255 e. The van der Waals surface area contributed by atoms with Gasteiger partial charge in [-0.05, 0) is 64.6 Å². The van der Waals surface area contributed by atoms with E-state index < -0.39 is 0 Å². The van der Waals surface area contributed by atoms with E-state index in [1.54, 1.807) is 0 Å². The summed E-state index contributed by atoms with van der Waals surface area (Å²) in [6.07, 6.45) is 7.08. The van der Waals surface area contributed by atoms with Crippen LogP contribution in [-0.2, 0) is 11.2 Å². The lowest BCUT2D eigenvalue weighted by molar-refractivity contribution is 0.0355. The van der Waals surface area contributed by atoms with Crippen molar-refractivity contribution in [2.75, 3.05) is 19.6 Å². The van der Waals surface area contributed by atoms with Crippen LogP contribution in [0, 0.1) is 5.92 Å². The molecule has 2 fully saturated rings. The molecule has 0 bridgehead atoms. The Kier molecular flexibility index (Phi) is 4.91. The Bertz CT molecular complexity index is 440. The minimum absolute atomic E-state index is 0.0184. The molecule has 0 radical (unpaired) electrons. The van der Waals surface area contributed by atoms with Crippen molar-refractivity contribution in [3.8, 4) is 0 Å². The Morgan fingerprint density at radius 2 is 1.95 bits per heavy atom. The molecule has 2 aliphatic heterocycles. The lowest BCUT2D eigenvalue weighted by atomic mass is 9.99. The molecule has 0 saturated carbocycles. The summed E-state index contributed by atoms with van der Waals surface area (Å²) in [5.41, 5.74) is 0. The Morgan fingerprint density at radius 3 is 2.67 bits per heavy atom. The molecular formula is C16H27N3O2. The van der Waals surface area contributed by atoms with Crippen LogP contribution >= 0.6 is 0 Å². The zero-order valence-electron chi connectivity index (χ0n) is 13.3. The maximum atomic E-state index is 5.77. The number of aromatic nitrogens is 2. The third kappa shape index (κ3) is 4.04. The molecule has 21 heavy (non-hydrogen) atoms. The van der Waals surface area contributed by atoms with Gasteiger partial charge in [-0.25, -0.2) is 0 Å². The Morgan fingerprint density at radius 1 is 1.14 bits per heavy atom. The summed E-state index contributed by atoms with van der Waals surface area (Å²) >= 11 is 0. The summed E-state index contributed by atoms with van der Waals surface area (Å²) in [4.78, 5) is 7.06. The first-order chi connectivity index (χ1) is 10.2. The minimum Gasteiger partial charge on any atom is -0.365 e. The predicted molar refractivity (Wildman–Crippen MR) is 80.0 cm³/mol. The molecule has 3 rings (SSSR count). The van der Waals surface area contributed by atoms with Crippen molar-refractivity contribution in [3.05, 3.63) is 11.7 Å². The van der Waals surface area contributed by atoms with Crippen LogP contribution in [0.15, 0.2) is 4.52 Å². The molecule has 0 unspecified atom stereocenters. The number of aryl methyl sites for hydroxylation is 1. The van der Waals surface area contributed by atoms with Crippen LogP contribution < -0.4 is 0 Å². The van der Waals surface area contributed by atoms with Gasteiger partial charge in [0.1, 0.15) is 6.10 Å². The van der Waals surface area contributed by atoms with Crippen molar-refractivity contribution in [3.63, 3.8) is 0 Å². The molecule has 2 aliphatic rings. The molecule has 2 saturated heterocycles. The van der Waals surface area contributed by atoms with E-state index in [0.29, 0.717) is 12.0 Å². The van der Waals surface area contributed by atoms with Crippen LogP contribution in [0.3, 0.4) is 0 Å². The van der Waals surface area contributed by atoms with Crippen molar-refractivity contribution >= 4 is 0 Å². The van der Waals surface area contributed by atoms with Gasteiger partial charge in [0, 0.05) is 6.42 Å². The highest BCUT2D eigenvalue weighted by Gasteiger charge is 2.28. The monoisotopic (exact) mass is 293 g/mol. The van der Waals surface area contributed by atoms with E-state index in [0.717, 1.165) is 44.0 Å². The number of nitrogens with zero attached hydrogens (tertiary/aromatic N) is 3. The van der Waals surface area contributed by atoms with Gasteiger partial charge in [-0.2, -0.15) is 4.98 Å². The Balaban J connectivity index is 1.41. The summed E-state index contributed by atoms with van der Waals surface area (Å²) in [6.45, 7) is 8.08. The van der Waals surface area contributed by atoms with Crippen molar-refractivity contribution in [2.45, 2.75) is 64.6 Å². The summed E-state index contributed by atoms with van der Waals surface area (Å²) in [5.74, 6) is 2.40. The summed E-state index contributed by atoms with van der Waals surface area (Å²) < 4.78 is 11.1. The SMILES string of the molecule is CC1CCN(CCCc2noc([C@@H]3CC[C@@H](C)O3)n2)CC1. The maximum absolute atomic E-state index is 5.77. The molecule has 5 heteroatoms. The normalized spacial score (nSPS) is 28.3. The van der Waals surface area contributed by atoms with Crippen LogP contribution in [0.2, 0.25) is 0 Å². The average Bonchev–Trinajstić information content (AvgIpc) is 3.10.